The van der Waals surface area contributed by atoms with E-state index in [0.29, 0.717) is 0 Å². The summed E-state index contributed by atoms with van der Waals surface area (Å²) in [5.74, 6) is -1.17. The summed E-state index contributed by atoms with van der Waals surface area (Å²) in [5.41, 5.74) is 4.87. The van der Waals surface area contributed by atoms with Crippen molar-refractivity contribution >= 4 is 18.6 Å². The molecular weight excluding hydrogens is 196 g/mol. The number of nitrogens with two attached hydrogens (primary N) is 1. The summed E-state index contributed by atoms with van der Waals surface area (Å²) in [6.07, 6.45) is -0.0972. The number of thiol groups is 1. The monoisotopic (exact) mass is 204 g/mol. The Morgan fingerprint density at radius 3 is 2.77 bits per heavy atom. The summed E-state index contributed by atoms with van der Waals surface area (Å²) < 4.78 is 4.55. The Morgan fingerprint density at radius 1 is 1.77 bits per heavy atom. The van der Waals surface area contributed by atoms with Crippen molar-refractivity contribution in [2.24, 2.45) is 5.73 Å². The zero-order valence-electron chi connectivity index (χ0n) is 6.48. The van der Waals surface area contributed by atoms with Crippen LogP contribution < -0.4 is 11.3 Å². The number of aliphatic carboxylic acids is 1. The van der Waals surface area contributed by atoms with E-state index in [9.17, 15) is 9.59 Å². The van der Waals surface area contributed by atoms with Crippen molar-refractivity contribution in [3.05, 3.63) is 15.9 Å². The van der Waals surface area contributed by atoms with Crippen LogP contribution in [0.1, 0.15) is 5.56 Å². The second-order valence-corrected chi connectivity index (χ2v) is 2.87. The second kappa shape index (κ2) is 3.67. The summed E-state index contributed by atoms with van der Waals surface area (Å²) in [7, 11) is 0. The fourth-order valence-electron chi connectivity index (χ4n) is 0.802. The Hall–Kier alpha value is -1.21. The molecule has 72 valence electrons. The number of carboxylic acids is 1. The summed E-state index contributed by atoms with van der Waals surface area (Å²) in [5, 5.41) is 10.6. The van der Waals surface area contributed by atoms with E-state index in [0.717, 1.165) is 0 Å². The van der Waals surface area contributed by atoms with Gasteiger partial charge >= 0.3 is 5.97 Å². The largest absolute Gasteiger partial charge is 0.480 e. The van der Waals surface area contributed by atoms with E-state index in [1.54, 1.807) is 0 Å². The Kier molecular flexibility index (Phi) is 2.79. The molecule has 13 heavy (non-hydrogen) atoms. The molecule has 1 unspecified atom stereocenters. The van der Waals surface area contributed by atoms with E-state index in [1.807, 2.05) is 5.16 Å². The average Bonchev–Trinajstić information content (AvgIpc) is 2.35. The van der Waals surface area contributed by atoms with Crippen molar-refractivity contribution in [3.8, 4) is 0 Å². The summed E-state index contributed by atoms with van der Waals surface area (Å²) in [6, 6.07) is -1.12. The molecule has 0 saturated carbocycles. The molecule has 1 heterocycles. The van der Waals surface area contributed by atoms with E-state index < -0.39 is 17.6 Å². The molecule has 4 N–H and O–H groups in total. The van der Waals surface area contributed by atoms with Crippen LogP contribution in [-0.2, 0) is 11.2 Å². The minimum absolute atomic E-state index is 0.0710. The smallest absolute Gasteiger partial charge is 0.320 e. The lowest BCUT2D eigenvalue weighted by Crippen LogP contribution is -2.33. The van der Waals surface area contributed by atoms with Crippen molar-refractivity contribution in [1.82, 2.24) is 5.16 Å². The van der Waals surface area contributed by atoms with Crippen LogP contribution in [0.3, 0.4) is 0 Å². The minimum Gasteiger partial charge on any atom is -0.480 e. The molecule has 0 aromatic carbocycles. The van der Waals surface area contributed by atoms with Crippen molar-refractivity contribution in [2.75, 3.05) is 0 Å². The molecule has 0 saturated heterocycles. The molecule has 0 aliphatic heterocycles. The van der Waals surface area contributed by atoms with Gasteiger partial charge in [-0.25, -0.2) is 0 Å². The van der Waals surface area contributed by atoms with E-state index in [-0.39, 0.29) is 17.1 Å². The Labute approximate surface area is 78.1 Å². The van der Waals surface area contributed by atoms with Crippen molar-refractivity contribution in [3.63, 3.8) is 0 Å². The van der Waals surface area contributed by atoms with Crippen LogP contribution in [0.4, 0.5) is 0 Å². The molecular formula is C6H8N2O4S. The Morgan fingerprint density at radius 2 is 2.38 bits per heavy atom. The van der Waals surface area contributed by atoms with Crippen LogP contribution >= 0.6 is 12.6 Å². The molecule has 0 spiro atoms. The number of hydrogen-bond acceptors (Lipinski definition) is 5. The summed E-state index contributed by atoms with van der Waals surface area (Å²) in [6.45, 7) is 0. The molecule has 0 radical (unpaired) electrons. The van der Waals surface area contributed by atoms with Gasteiger partial charge in [0.25, 0.3) is 5.56 Å². The van der Waals surface area contributed by atoms with Gasteiger partial charge in [0.05, 0.1) is 5.56 Å². The quantitative estimate of drug-likeness (QED) is 0.482. The highest BCUT2D eigenvalue weighted by atomic mass is 32.1. The molecule has 7 heteroatoms. The minimum atomic E-state index is -1.17. The van der Waals surface area contributed by atoms with E-state index in [1.165, 1.54) is 0 Å². The third-order valence-corrected chi connectivity index (χ3v) is 1.88. The van der Waals surface area contributed by atoms with Crippen molar-refractivity contribution < 1.29 is 14.4 Å². The van der Waals surface area contributed by atoms with Crippen molar-refractivity contribution in [1.29, 1.82) is 0 Å². The van der Waals surface area contributed by atoms with Crippen LogP contribution in [0.25, 0.3) is 0 Å². The highest BCUT2D eigenvalue weighted by Gasteiger charge is 2.18. The van der Waals surface area contributed by atoms with Gasteiger partial charge in [-0.3, -0.25) is 9.59 Å². The van der Waals surface area contributed by atoms with Crippen LogP contribution in [0.5, 0.6) is 0 Å². The first-order valence-electron chi connectivity index (χ1n) is 3.40. The number of aromatic amines is 1. The van der Waals surface area contributed by atoms with Gasteiger partial charge in [0.1, 0.15) is 6.04 Å². The molecule has 1 rings (SSSR count). The van der Waals surface area contributed by atoms with Gasteiger partial charge in [0, 0.05) is 6.42 Å². The molecule has 0 aliphatic carbocycles. The zero-order valence-corrected chi connectivity index (χ0v) is 7.38. The summed E-state index contributed by atoms with van der Waals surface area (Å²) >= 11 is 3.82. The number of carbonyl (C=O) groups is 1. The van der Waals surface area contributed by atoms with Crippen molar-refractivity contribution in [2.45, 2.75) is 17.6 Å². The van der Waals surface area contributed by atoms with Gasteiger partial charge in [-0.15, -0.1) is 12.6 Å². The number of carboxylic acid groups (broad SMARTS) is 1. The van der Waals surface area contributed by atoms with Gasteiger partial charge in [0.2, 0.25) is 0 Å². The fraction of sp³-hybridized carbons (Fsp3) is 0.333. The van der Waals surface area contributed by atoms with Gasteiger partial charge in [-0.1, -0.05) is 0 Å². The molecule has 0 bridgehead atoms. The van der Waals surface area contributed by atoms with E-state index in [4.69, 9.17) is 10.8 Å². The lowest BCUT2D eigenvalue weighted by molar-refractivity contribution is -0.138. The maximum absolute atomic E-state index is 11.0. The average molecular weight is 204 g/mol. The normalized spacial score (nSPS) is 12.8. The molecule has 6 nitrogen and oxygen atoms in total. The van der Waals surface area contributed by atoms with Crippen LogP contribution in [0.15, 0.2) is 14.4 Å². The highest BCUT2D eigenvalue weighted by Crippen LogP contribution is 2.09. The SMILES string of the molecule is NC(Cc1c(S)o[nH]c1=O)C(=O)O. The number of H-pyrrole nitrogens is 1. The fourth-order valence-corrected chi connectivity index (χ4v) is 1.04. The van der Waals surface area contributed by atoms with E-state index >= 15 is 0 Å². The first kappa shape index (κ1) is 9.87. The topological polar surface area (TPSA) is 109 Å². The molecule has 1 aromatic rings. The first-order valence-corrected chi connectivity index (χ1v) is 3.84. The third kappa shape index (κ3) is 2.13. The Balaban J connectivity index is 2.85. The van der Waals surface area contributed by atoms with Crippen LogP contribution in [-0.4, -0.2) is 22.3 Å². The maximum atomic E-state index is 11.0. The van der Waals surface area contributed by atoms with Gasteiger partial charge in [-0.2, -0.15) is 5.16 Å². The number of hydrogen-bond donors (Lipinski definition) is 4. The Bertz CT molecular complexity index is 369. The lowest BCUT2D eigenvalue weighted by Gasteiger charge is -2.02. The lowest BCUT2D eigenvalue weighted by atomic mass is 10.1. The standard InChI is InChI=1S/C6H8N2O4S/c7-3(5(10)11)1-2-4(9)8-12-6(2)13/h3,13H,1,7H2,(H,8,9)(H,10,11). The van der Waals surface area contributed by atoms with Gasteiger partial charge in [0.15, 0.2) is 5.09 Å². The zero-order chi connectivity index (χ0) is 10.0. The first-order chi connectivity index (χ1) is 6.02. The summed E-state index contributed by atoms with van der Waals surface area (Å²) in [4.78, 5) is 21.3. The maximum Gasteiger partial charge on any atom is 0.320 e. The predicted molar refractivity (Wildman–Crippen MR) is 45.9 cm³/mol. The number of rotatable bonds is 3. The van der Waals surface area contributed by atoms with Gasteiger partial charge in [-0.05, 0) is 0 Å². The number of aromatic nitrogens is 1. The molecule has 0 fully saturated rings. The molecule has 0 aliphatic rings. The molecule has 0 amide bonds. The number of nitrogens with one attached hydrogen (secondary N) is 1. The third-order valence-electron chi connectivity index (χ3n) is 1.51. The highest BCUT2D eigenvalue weighted by molar-refractivity contribution is 7.80. The second-order valence-electron chi connectivity index (χ2n) is 2.47. The molecule has 1 aromatic heterocycles. The van der Waals surface area contributed by atoms with Crippen LogP contribution in [0, 0.1) is 0 Å². The van der Waals surface area contributed by atoms with Gasteiger partial charge < -0.3 is 15.4 Å². The molecule has 1 atom stereocenters. The van der Waals surface area contributed by atoms with Crippen LogP contribution in [0.2, 0.25) is 0 Å². The van der Waals surface area contributed by atoms with E-state index in [2.05, 4.69) is 17.2 Å². The predicted octanol–water partition coefficient (Wildman–Crippen LogP) is -0.789.